The maximum Gasteiger partial charge on any atom is 0.387 e. The van der Waals surface area contributed by atoms with Crippen molar-refractivity contribution < 1.29 is 23.0 Å². The first kappa shape index (κ1) is 19.8. The number of nitrogens with one attached hydrogen (secondary N) is 1. The SMILES string of the molecule is O=C(C=Cc1ccccc1OC(F)F)NCc1ccc(OC2CCCC2)nc1. The largest absolute Gasteiger partial charge is 0.474 e. The van der Waals surface area contributed by atoms with Crippen LogP contribution in [-0.4, -0.2) is 23.6 Å². The van der Waals surface area contributed by atoms with E-state index in [1.807, 2.05) is 6.07 Å². The van der Waals surface area contributed by atoms with Crippen molar-refractivity contribution in [2.24, 2.45) is 0 Å². The van der Waals surface area contributed by atoms with Crippen LogP contribution >= 0.6 is 0 Å². The molecular formula is C21H22F2N2O3. The fourth-order valence-electron chi connectivity index (χ4n) is 3.00. The predicted molar refractivity (Wildman–Crippen MR) is 101 cm³/mol. The van der Waals surface area contributed by atoms with Gasteiger partial charge in [0.05, 0.1) is 0 Å². The molecule has 0 unspecified atom stereocenters. The molecule has 1 aromatic heterocycles. The van der Waals surface area contributed by atoms with Crippen molar-refractivity contribution in [1.29, 1.82) is 0 Å². The minimum Gasteiger partial charge on any atom is -0.474 e. The highest BCUT2D eigenvalue weighted by molar-refractivity contribution is 5.92. The highest BCUT2D eigenvalue weighted by atomic mass is 19.3. The summed E-state index contributed by atoms with van der Waals surface area (Å²) in [6.45, 7) is -2.62. The smallest absolute Gasteiger partial charge is 0.387 e. The zero-order chi connectivity index (χ0) is 19.8. The molecule has 1 aliphatic rings. The summed E-state index contributed by atoms with van der Waals surface area (Å²) >= 11 is 0. The first-order valence-electron chi connectivity index (χ1n) is 9.21. The third-order valence-corrected chi connectivity index (χ3v) is 4.40. The molecule has 5 nitrogen and oxygen atoms in total. The van der Waals surface area contributed by atoms with Gasteiger partial charge in [-0.2, -0.15) is 8.78 Å². The average Bonchev–Trinajstić information content (AvgIpc) is 3.19. The molecule has 1 aliphatic carbocycles. The molecule has 1 fully saturated rings. The lowest BCUT2D eigenvalue weighted by Gasteiger charge is -2.12. The molecule has 1 heterocycles. The van der Waals surface area contributed by atoms with Crippen LogP contribution < -0.4 is 14.8 Å². The maximum absolute atomic E-state index is 12.4. The van der Waals surface area contributed by atoms with Crippen molar-refractivity contribution >= 4 is 12.0 Å². The van der Waals surface area contributed by atoms with E-state index in [0.717, 1.165) is 18.4 Å². The number of nitrogens with zero attached hydrogens (tertiary/aromatic N) is 1. The zero-order valence-corrected chi connectivity index (χ0v) is 15.3. The monoisotopic (exact) mass is 388 g/mol. The van der Waals surface area contributed by atoms with Crippen molar-refractivity contribution in [2.75, 3.05) is 0 Å². The molecule has 1 aromatic carbocycles. The van der Waals surface area contributed by atoms with Gasteiger partial charge in [-0.1, -0.05) is 24.3 Å². The quantitative estimate of drug-likeness (QED) is 0.684. The number of pyridine rings is 1. The molecule has 7 heteroatoms. The van der Waals surface area contributed by atoms with Gasteiger partial charge in [0.1, 0.15) is 11.9 Å². The predicted octanol–water partition coefficient (Wildman–Crippen LogP) is 4.33. The molecule has 0 spiro atoms. The van der Waals surface area contributed by atoms with E-state index in [9.17, 15) is 13.6 Å². The number of alkyl halides is 2. The summed E-state index contributed by atoms with van der Waals surface area (Å²) in [4.78, 5) is 16.3. The van der Waals surface area contributed by atoms with Gasteiger partial charge in [0.25, 0.3) is 0 Å². The number of amides is 1. The molecule has 0 bridgehead atoms. The zero-order valence-electron chi connectivity index (χ0n) is 15.3. The van der Waals surface area contributed by atoms with Gasteiger partial charge in [0.15, 0.2) is 0 Å². The molecule has 28 heavy (non-hydrogen) atoms. The van der Waals surface area contributed by atoms with Crippen molar-refractivity contribution in [3.63, 3.8) is 0 Å². The Bertz CT molecular complexity index is 804. The van der Waals surface area contributed by atoms with Gasteiger partial charge in [-0.15, -0.1) is 0 Å². The van der Waals surface area contributed by atoms with Crippen LogP contribution in [0.1, 0.15) is 36.8 Å². The van der Waals surface area contributed by atoms with E-state index in [2.05, 4.69) is 15.0 Å². The Labute approximate surface area is 162 Å². The van der Waals surface area contributed by atoms with Crippen LogP contribution in [0.4, 0.5) is 8.78 Å². The first-order chi connectivity index (χ1) is 13.6. The molecule has 0 atom stereocenters. The fraction of sp³-hybridized carbons (Fsp3) is 0.333. The Morgan fingerprint density at radius 3 is 2.71 bits per heavy atom. The molecule has 148 valence electrons. The van der Waals surface area contributed by atoms with E-state index in [0.29, 0.717) is 18.0 Å². The number of halogens is 2. The first-order valence-corrected chi connectivity index (χ1v) is 9.21. The van der Waals surface area contributed by atoms with Crippen LogP contribution in [0.2, 0.25) is 0 Å². The van der Waals surface area contributed by atoms with Crippen LogP contribution in [0.5, 0.6) is 11.6 Å². The number of carbonyl (C=O) groups excluding carboxylic acids is 1. The van der Waals surface area contributed by atoms with Gasteiger partial charge in [-0.05, 0) is 43.4 Å². The third kappa shape index (κ3) is 6.04. The minimum absolute atomic E-state index is 0.0172. The number of aromatic nitrogens is 1. The molecule has 2 aromatic rings. The Kier molecular flexibility index (Phi) is 6.94. The van der Waals surface area contributed by atoms with Crippen molar-refractivity contribution in [2.45, 2.75) is 44.9 Å². The van der Waals surface area contributed by atoms with Crippen LogP contribution in [0.15, 0.2) is 48.7 Å². The lowest BCUT2D eigenvalue weighted by molar-refractivity contribution is -0.116. The second kappa shape index (κ2) is 9.82. The lowest BCUT2D eigenvalue weighted by Crippen LogP contribution is -2.20. The minimum atomic E-state index is -2.92. The van der Waals surface area contributed by atoms with Gasteiger partial charge in [-0.3, -0.25) is 4.79 Å². The van der Waals surface area contributed by atoms with E-state index in [1.165, 1.54) is 31.1 Å². The van der Waals surface area contributed by atoms with Gasteiger partial charge in [0.2, 0.25) is 11.8 Å². The molecular weight excluding hydrogens is 366 g/mol. The standard InChI is InChI=1S/C21H22F2N2O3/c22-21(23)28-18-8-4-1-5-16(18)10-11-19(26)24-13-15-9-12-20(25-14-15)27-17-6-2-3-7-17/h1,4-5,8-12,14,17,21H,2-3,6-7,13H2,(H,24,26). The highest BCUT2D eigenvalue weighted by Gasteiger charge is 2.16. The second-order valence-electron chi connectivity index (χ2n) is 6.50. The third-order valence-electron chi connectivity index (χ3n) is 4.40. The summed E-state index contributed by atoms with van der Waals surface area (Å²) in [5, 5.41) is 2.73. The molecule has 0 aliphatic heterocycles. The topological polar surface area (TPSA) is 60.5 Å². The normalized spacial score (nSPS) is 14.5. The fourth-order valence-corrected chi connectivity index (χ4v) is 3.00. The summed E-state index contributed by atoms with van der Waals surface area (Å²) in [5.41, 5.74) is 1.23. The molecule has 0 saturated heterocycles. The number of benzene rings is 1. The van der Waals surface area contributed by atoms with Crippen LogP contribution in [-0.2, 0) is 11.3 Å². The number of hydrogen-bond acceptors (Lipinski definition) is 4. The number of ether oxygens (including phenoxy) is 2. The number of para-hydroxylation sites is 1. The molecule has 0 radical (unpaired) electrons. The van der Waals surface area contributed by atoms with Gasteiger partial charge < -0.3 is 14.8 Å². The van der Waals surface area contributed by atoms with E-state index in [-0.39, 0.29) is 17.8 Å². The number of hydrogen-bond donors (Lipinski definition) is 1. The van der Waals surface area contributed by atoms with E-state index < -0.39 is 6.61 Å². The van der Waals surface area contributed by atoms with Crippen molar-refractivity contribution in [3.05, 3.63) is 59.8 Å². The van der Waals surface area contributed by atoms with Crippen LogP contribution in [0, 0.1) is 0 Å². The van der Waals surface area contributed by atoms with Crippen LogP contribution in [0.25, 0.3) is 6.08 Å². The van der Waals surface area contributed by atoms with Crippen molar-refractivity contribution in [3.8, 4) is 11.6 Å². The van der Waals surface area contributed by atoms with Crippen molar-refractivity contribution in [1.82, 2.24) is 10.3 Å². The summed E-state index contributed by atoms with van der Waals surface area (Å²) < 4.78 is 35.1. The Balaban J connectivity index is 1.49. The van der Waals surface area contributed by atoms with E-state index in [1.54, 1.807) is 30.5 Å². The summed E-state index contributed by atoms with van der Waals surface area (Å²) in [6.07, 6.45) is 9.15. The van der Waals surface area contributed by atoms with Crippen LogP contribution in [0.3, 0.4) is 0 Å². The van der Waals surface area contributed by atoms with Gasteiger partial charge in [0, 0.05) is 30.4 Å². The number of rotatable bonds is 8. The number of carbonyl (C=O) groups is 1. The molecule has 3 rings (SSSR count). The summed E-state index contributed by atoms with van der Waals surface area (Å²) in [6, 6.07) is 9.93. The maximum atomic E-state index is 12.4. The van der Waals surface area contributed by atoms with E-state index in [4.69, 9.17) is 4.74 Å². The van der Waals surface area contributed by atoms with E-state index >= 15 is 0 Å². The highest BCUT2D eigenvalue weighted by Crippen LogP contribution is 2.23. The Hall–Kier alpha value is -2.96. The Morgan fingerprint density at radius 1 is 1.21 bits per heavy atom. The van der Waals surface area contributed by atoms with Gasteiger partial charge in [-0.25, -0.2) is 4.98 Å². The lowest BCUT2D eigenvalue weighted by atomic mass is 10.2. The summed E-state index contributed by atoms with van der Waals surface area (Å²) in [7, 11) is 0. The molecule has 1 N–H and O–H groups in total. The summed E-state index contributed by atoms with van der Waals surface area (Å²) in [5.74, 6) is 0.263. The van der Waals surface area contributed by atoms with Gasteiger partial charge >= 0.3 is 6.61 Å². The average molecular weight is 388 g/mol. The second-order valence-corrected chi connectivity index (χ2v) is 6.50. The molecule has 1 saturated carbocycles. The Morgan fingerprint density at radius 2 is 2.00 bits per heavy atom. The molecule has 1 amide bonds.